The number of hydrogen-bond donors (Lipinski definition) is 0. The first-order valence-corrected chi connectivity index (χ1v) is 11.2. The van der Waals surface area contributed by atoms with Gasteiger partial charge in [0, 0.05) is 6.54 Å². The van der Waals surface area contributed by atoms with Gasteiger partial charge in [-0.25, -0.2) is 0 Å². The highest BCUT2D eigenvalue weighted by Crippen LogP contribution is 2.34. The third-order valence-corrected chi connectivity index (χ3v) is 5.85. The Labute approximate surface area is 196 Å². The second-order valence-corrected chi connectivity index (χ2v) is 8.38. The smallest absolute Gasteiger partial charge is 0.119 e. The molecule has 4 rings (SSSR count). The summed E-state index contributed by atoms with van der Waals surface area (Å²) in [5, 5.41) is 2.40. The zero-order valence-electron chi connectivity index (χ0n) is 19.8. The van der Waals surface area contributed by atoms with Crippen molar-refractivity contribution < 1.29 is 14.2 Å². The SMILES string of the molecule is COc1ccc(-c2ccc3cc(OC)ccc3c2Cc2ccc(OCCN(C)C)cc2)cc1. The topological polar surface area (TPSA) is 30.9 Å². The van der Waals surface area contributed by atoms with Gasteiger partial charge >= 0.3 is 0 Å². The fraction of sp³-hybridized carbons (Fsp3) is 0.241. The van der Waals surface area contributed by atoms with Gasteiger partial charge in [0.25, 0.3) is 0 Å². The molecule has 0 fully saturated rings. The molecule has 0 saturated heterocycles. The molecule has 0 atom stereocenters. The van der Waals surface area contributed by atoms with Gasteiger partial charge in [-0.05, 0) is 89.9 Å². The van der Waals surface area contributed by atoms with Crippen molar-refractivity contribution in [2.45, 2.75) is 6.42 Å². The Morgan fingerprint density at radius 3 is 2.03 bits per heavy atom. The zero-order chi connectivity index (χ0) is 23.2. The first-order valence-electron chi connectivity index (χ1n) is 11.2. The maximum atomic E-state index is 5.87. The molecule has 170 valence electrons. The summed E-state index contributed by atoms with van der Waals surface area (Å²) in [7, 11) is 7.49. The average molecular weight is 442 g/mol. The molecule has 33 heavy (non-hydrogen) atoms. The van der Waals surface area contributed by atoms with Crippen LogP contribution in [-0.4, -0.2) is 46.4 Å². The summed E-state index contributed by atoms with van der Waals surface area (Å²) in [6.07, 6.45) is 0.822. The van der Waals surface area contributed by atoms with Crippen LogP contribution in [0.15, 0.2) is 78.9 Å². The molecule has 0 aromatic heterocycles. The van der Waals surface area contributed by atoms with Crippen LogP contribution in [0.2, 0.25) is 0 Å². The molecule has 0 saturated carbocycles. The van der Waals surface area contributed by atoms with Crippen molar-refractivity contribution in [1.29, 1.82) is 0 Å². The largest absolute Gasteiger partial charge is 0.497 e. The number of fused-ring (bicyclic) bond motifs is 1. The van der Waals surface area contributed by atoms with Gasteiger partial charge in [-0.2, -0.15) is 0 Å². The summed E-state index contributed by atoms with van der Waals surface area (Å²) in [6, 6.07) is 27.4. The van der Waals surface area contributed by atoms with E-state index in [0.29, 0.717) is 6.61 Å². The molecule has 0 spiro atoms. The predicted molar refractivity (Wildman–Crippen MR) is 136 cm³/mol. The van der Waals surface area contributed by atoms with E-state index in [4.69, 9.17) is 14.2 Å². The van der Waals surface area contributed by atoms with Crippen LogP contribution in [0.3, 0.4) is 0 Å². The molecule has 4 nitrogen and oxygen atoms in total. The van der Waals surface area contributed by atoms with Crippen LogP contribution >= 0.6 is 0 Å². The molecular weight excluding hydrogens is 410 g/mol. The van der Waals surface area contributed by atoms with Crippen LogP contribution in [-0.2, 0) is 6.42 Å². The monoisotopic (exact) mass is 441 g/mol. The summed E-state index contributed by atoms with van der Waals surface area (Å²) < 4.78 is 16.7. The van der Waals surface area contributed by atoms with Crippen LogP contribution in [0.4, 0.5) is 0 Å². The Balaban J connectivity index is 1.69. The highest BCUT2D eigenvalue weighted by Gasteiger charge is 2.12. The lowest BCUT2D eigenvalue weighted by atomic mass is 9.90. The normalized spacial score (nSPS) is 11.1. The van der Waals surface area contributed by atoms with E-state index in [2.05, 4.69) is 65.6 Å². The number of likely N-dealkylation sites (N-methyl/N-ethyl adjacent to an activating group) is 1. The molecule has 4 aromatic rings. The highest BCUT2D eigenvalue weighted by molar-refractivity contribution is 5.93. The van der Waals surface area contributed by atoms with Crippen LogP contribution < -0.4 is 14.2 Å². The van der Waals surface area contributed by atoms with E-state index >= 15 is 0 Å². The van der Waals surface area contributed by atoms with Crippen molar-refractivity contribution in [1.82, 2.24) is 4.90 Å². The Bertz CT molecular complexity index is 1200. The maximum Gasteiger partial charge on any atom is 0.119 e. The Hall–Kier alpha value is -3.50. The molecule has 0 bridgehead atoms. The van der Waals surface area contributed by atoms with Gasteiger partial charge in [-0.15, -0.1) is 0 Å². The lowest BCUT2D eigenvalue weighted by Gasteiger charge is -2.16. The van der Waals surface area contributed by atoms with Crippen molar-refractivity contribution in [3.8, 4) is 28.4 Å². The van der Waals surface area contributed by atoms with Gasteiger partial charge in [0.15, 0.2) is 0 Å². The van der Waals surface area contributed by atoms with E-state index < -0.39 is 0 Å². The second-order valence-electron chi connectivity index (χ2n) is 8.38. The number of hydrogen-bond acceptors (Lipinski definition) is 4. The van der Waals surface area contributed by atoms with Crippen LogP contribution in [0.1, 0.15) is 11.1 Å². The lowest BCUT2D eigenvalue weighted by Crippen LogP contribution is -2.19. The Kier molecular flexibility index (Phi) is 7.16. The second kappa shape index (κ2) is 10.4. The molecule has 0 aliphatic carbocycles. The van der Waals surface area contributed by atoms with E-state index in [0.717, 1.165) is 30.2 Å². The van der Waals surface area contributed by atoms with Crippen molar-refractivity contribution in [2.75, 3.05) is 41.5 Å². The minimum Gasteiger partial charge on any atom is -0.497 e. The molecule has 0 aliphatic rings. The van der Waals surface area contributed by atoms with Gasteiger partial charge in [-0.3, -0.25) is 0 Å². The third kappa shape index (κ3) is 5.47. The summed E-state index contributed by atoms with van der Waals surface area (Å²) in [4.78, 5) is 2.12. The molecule has 4 heteroatoms. The van der Waals surface area contributed by atoms with Crippen molar-refractivity contribution >= 4 is 10.8 Å². The first kappa shape index (κ1) is 22.7. The average Bonchev–Trinajstić information content (AvgIpc) is 2.85. The fourth-order valence-corrected chi connectivity index (χ4v) is 3.98. The zero-order valence-corrected chi connectivity index (χ0v) is 19.8. The molecule has 0 amide bonds. The minimum absolute atomic E-state index is 0.680. The van der Waals surface area contributed by atoms with Crippen LogP contribution in [0.5, 0.6) is 17.2 Å². The predicted octanol–water partition coefficient (Wildman–Crippen LogP) is 6.06. The molecular formula is C29H31NO3. The van der Waals surface area contributed by atoms with E-state index in [9.17, 15) is 0 Å². The molecule has 0 radical (unpaired) electrons. The van der Waals surface area contributed by atoms with Gasteiger partial charge < -0.3 is 19.1 Å². The number of ether oxygens (including phenoxy) is 3. The van der Waals surface area contributed by atoms with Crippen molar-refractivity contribution in [3.63, 3.8) is 0 Å². The third-order valence-electron chi connectivity index (χ3n) is 5.85. The molecule has 0 aliphatic heterocycles. The minimum atomic E-state index is 0.680. The Morgan fingerprint density at radius 1 is 0.697 bits per heavy atom. The van der Waals surface area contributed by atoms with Crippen molar-refractivity contribution in [2.24, 2.45) is 0 Å². The molecule has 0 heterocycles. The number of benzene rings is 4. The fourth-order valence-electron chi connectivity index (χ4n) is 3.98. The van der Waals surface area contributed by atoms with Gasteiger partial charge in [0.1, 0.15) is 23.9 Å². The van der Waals surface area contributed by atoms with E-state index in [1.165, 1.54) is 33.0 Å². The maximum absolute atomic E-state index is 5.87. The Morgan fingerprint density at radius 2 is 1.36 bits per heavy atom. The highest BCUT2D eigenvalue weighted by atomic mass is 16.5. The van der Waals surface area contributed by atoms with Crippen LogP contribution in [0, 0.1) is 0 Å². The van der Waals surface area contributed by atoms with Crippen molar-refractivity contribution in [3.05, 3.63) is 90.0 Å². The van der Waals surface area contributed by atoms with Gasteiger partial charge in [-0.1, -0.05) is 42.5 Å². The summed E-state index contributed by atoms with van der Waals surface area (Å²) in [5.41, 5.74) is 4.93. The van der Waals surface area contributed by atoms with Gasteiger partial charge in [0.05, 0.1) is 14.2 Å². The van der Waals surface area contributed by atoms with Gasteiger partial charge in [0.2, 0.25) is 0 Å². The van der Waals surface area contributed by atoms with E-state index in [1.807, 2.05) is 32.3 Å². The number of nitrogens with zero attached hydrogens (tertiary/aromatic N) is 1. The van der Waals surface area contributed by atoms with Crippen LogP contribution in [0.25, 0.3) is 21.9 Å². The lowest BCUT2D eigenvalue weighted by molar-refractivity contribution is 0.261. The number of rotatable bonds is 9. The summed E-state index contributed by atoms with van der Waals surface area (Å²) in [5.74, 6) is 2.62. The summed E-state index contributed by atoms with van der Waals surface area (Å²) in [6.45, 7) is 1.57. The number of methoxy groups -OCH3 is 2. The van der Waals surface area contributed by atoms with E-state index in [-0.39, 0.29) is 0 Å². The summed E-state index contributed by atoms with van der Waals surface area (Å²) >= 11 is 0. The first-order chi connectivity index (χ1) is 16.1. The molecule has 0 N–H and O–H groups in total. The quantitative estimate of drug-likeness (QED) is 0.316. The molecule has 4 aromatic carbocycles. The molecule has 0 unspecified atom stereocenters. The standard InChI is InChI=1S/C29H31NO3/c1-30(2)17-18-33-25-10-5-21(6-11-25)19-29-27(22-7-12-24(31-3)13-8-22)15-9-23-20-26(32-4)14-16-28(23)29/h5-16,20H,17-19H2,1-4H3. The van der Waals surface area contributed by atoms with E-state index in [1.54, 1.807) is 14.2 Å².